The molecule has 7 nitrogen and oxygen atoms in total. The molecule has 0 radical (unpaired) electrons. The van der Waals surface area contributed by atoms with Gasteiger partial charge in [-0.1, -0.05) is 23.7 Å². The van der Waals surface area contributed by atoms with E-state index in [-0.39, 0.29) is 18.4 Å². The van der Waals surface area contributed by atoms with E-state index < -0.39 is 0 Å². The molecule has 0 spiro atoms. The first-order valence-corrected chi connectivity index (χ1v) is 12.6. The molecule has 1 aliphatic heterocycles. The van der Waals surface area contributed by atoms with Gasteiger partial charge in [0.2, 0.25) is 5.91 Å². The highest BCUT2D eigenvalue weighted by Gasteiger charge is 2.18. The number of nitrogens with two attached hydrogens (primary N) is 1. The molecule has 3 N–H and O–H groups in total. The summed E-state index contributed by atoms with van der Waals surface area (Å²) in [7, 11) is 0. The molecular weight excluding hydrogens is 488 g/mol. The number of hydrogen-bond acceptors (Lipinski definition) is 5. The number of hydrogen-bond donors (Lipinski definition) is 2. The average Bonchev–Trinajstić information content (AvgIpc) is 3.35. The lowest BCUT2D eigenvalue weighted by Gasteiger charge is -2.26. The Hall–Kier alpha value is -4.10. The fourth-order valence-corrected chi connectivity index (χ4v) is 4.69. The predicted octanol–water partition coefficient (Wildman–Crippen LogP) is 5.69. The molecule has 0 bridgehead atoms. The first kappa shape index (κ1) is 24.6. The van der Waals surface area contributed by atoms with Gasteiger partial charge in [0.1, 0.15) is 11.6 Å². The molecule has 0 unspecified atom stereocenters. The number of aromatic nitrogens is 1. The van der Waals surface area contributed by atoms with Gasteiger partial charge in [0.25, 0.3) is 5.91 Å². The van der Waals surface area contributed by atoms with Crippen LogP contribution < -0.4 is 11.1 Å². The second-order valence-electron chi connectivity index (χ2n) is 9.09. The molecule has 2 amide bonds. The number of likely N-dealkylation sites (tertiary alicyclic amines) is 1. The van der Waals surface area contributed by atoms with E-state index in [1.165, 1.54) is 12.5 Å². The number of nitrogens with zero attached hydrogens (tertiary/aromatic N) is 2. The monoisotopic (exact) mass is 514 g/mol. The Morgan fingerprint density at radius 1 is 1.03 bits per heavy atom. The maximum absolute atomic E-state index is 12.8. The van der Waals surface area contributed by atoms with Crippen molar-refractivity contribution in [1.82, 2.24) is 15.2 Å². The molecular formula is C29H27ClN4O3. The smallest absolute Gasteiger partial charge is 0.253 e. The largest absolute Gasteiger partial charge is 0.458 e. The number of pyridine rings is 1. The standard InChI is InChI=1S/C29H27ClN4O3/c30-25-16-22(20-6-8-21(9-7-20)29(36)34-12-2-1-3-13-34)14-23-15-24(37-28(23)25)18-33-27(35)11-5-19-4-10-26(31)32-17-19/h4-11,14-17H,1-3,12-13,18H2,(H2,31,32)(H,33,35). The third-order valence-electron chi connectivity index (χ3n) is 6.40. The molecule has 37 heavy (non-hydrogen) atoms. The maximum Gasteiger partial charge on any atom is 0.253 e. The summed E-state index contributed by atoms with van der Waals surface area (Å²) in [6.45, 7) is 1.87. The Kier molecular flexibility index (Phi) is 7.23. The highest BCUT2D eigenvalue weighted by molar-refractivity contribution is 6.35. The number of rotatable bonds is 6. The SMILES string of the molecule is Nc1ccc(C=CC(=O)NCc2cc3cc(-c4ccc(C(=O)N5CCCCC5)cc4)cc(Cl)c3o2)cn1. The van der Waals surface area contributed by atoms with Crippen LogP contribution in [0.15, 0.2) is 71.3 Å². The van der Waals surface area contributed by atoms with Gasteiger partial charge >= 0.3 is 0 Å². The van der Waals surface area contributed by atoms with Gasteiger partial charge in [0.15, 0.2) is 5.58 Å². The van der Waals surface area contributed by atoms with Gasteiger partial charge in [0.05, 0.1) is 11.6 Å². The minimum absolute atomic E-state index is 0.0845. The van der Waals surface area contributed by atoms with Crippen LogP contribution in [0.3, 0.4) is 0 Å². The first-order valence-electron chi connectivity index (χ1n) is 12.3. The van der Waals surface area contributed by atoms with Gasteiger partial charge in [-0.15, -0.1) is 0 Å². The van der Waals surface area contributed by atoms with Crippen LogP contribution in [-0.4, -0.2) is 34.8 Å². The van der Waals surface area contributed by atoms with Gasteiger partial charge in [-0.05, 0) is 84.5 Å². The fraction of sp³-hybridized carbons (Fsp3) is 0.207. The highest BCUT2D eigenvalue weighted by atomic mass is 35.5. The predicted molar refractivity (Wildman–Crippen MR) is 146 cm³/mol. The molecule has 5 rings (SSSR count). The zero-order valence-corrected chi connectivity index (χ0v) is 21.0. The normalized spacial score (nSPS) is 13.8. The summed E-state index contributed by atoms with van der Waals surface area (Å²) in [5, 5.41) is 4.13. The van der Waals surface area contributed by atoms with Crippen molar-refractivity contribution in [3.05, 3.63) is 88.8 Å². The molecule has 0 saturated carbocycles. The van der Waals surface area contributed by atoms with E-state index >= 15 is 0 Å². The summed E-state index contributed by atoms with van der Waals surface area (Å²) >= 11 is 6.53. The van der Waals surface area contributed by atoms with Crippen molar-refractivity contribution in [2.45, 2.75) is 25.8 Å². The van der Waals surface area contributed by atoms with Crippen LogP contribution in [0.5, 0.6) is 0 Å². The number of piperidine rings is 1. The highest BCUT2D eigenvalue weighted by Crippen LogP contribution is 2.33. The first-order chi connectivity index (χ1) is 18.0. The van der Waals surface area contributed by atoms with Gasteiger partial charge in [-0.3, -0.25) is 9.59 Å². The molecule has 8 heteroatoms. The third kappa shape index (κ3) is 5.84. The van der Waals surface area contributed by atoms with Gasteiger partial charge in [-0.2, -0.15) is 0 Å². The molecule has 0 atom stereocenters. The quantitative estimate of drug-likeness (QED) is 0.322. The Bertz CT molecular complexity index is 1450. The van der Waals surface area contributed by atoms with E-state index in [1.807, 2.05) is 47.4 Å². The van der Waals surface area contributed by atoms with Crippen molar-refractivity contribution in [3.63, 3.8) is 0 Å². The van der Waals surface area contributed by atoms with Crippen molar-refractivity contribution in [3.8, 4) is 11.1 Å². The lowest BCUT2D eigenvalue weighted by atomic mass is 10.0. The van der Waals surface area contributed by atoms with E-state index in [2.05, 4.69) is 10.3 Å². The molecule has 1 saturated heterocycles. The summed E-state index contributed by atoms with van der Waals surface area (Å²) < 4.78 is 5.89. The van der Waals surface area contributed by atoms with Crippen molar-refractivity contribution >= 4 is 46.3 Å². The summed E-state index contributed by atoms with van der Waals surface area (Å²) in [5.74, 6) is 0.838. The number of carbonyl (C=O) groups is 2. The number of furan rings is 1. The number of carbonyl (C=O) groups excluding carboxylic acids is 2. The summed E-state index contributed by atoms with van der Waals surface area (Å²) in [6, 6.07) is 16.8. The van der Waals surface area contributed by atoms with Crippen molar-refractivity contribution in [1.29, 1.82) is 0 Å². The number of benzene rings is 2. The van der Waals surface area contributed by atoms with Crippen LogP contribution in [0, 0.1) is 0 Å². The summed E-state index contributed by atoms with van der Waals surface area (Å²) in [4.78, 5) is 30.9. The molecule has 2 aromatic carbocycles. The molecule has 2 aromatic heterocycles. The third-order valence-corrected chi connectivity index (χ3v) is 6.68. The minimum Gasteiger partial charge on any atom is -0.458 e. The van der Waals surface area contributed by atoms with Gasteiger partial charge < -0.3 is 20.4 Å². The Morgan fingerprint density at radius 2 is 1.81 bits per heavy atom. The minimum atomic E-state index is -0.261. The lowest BCUT2D eigenvalue weighted by molar-refractivity contribution is -0.116. The molecule has 1 fully saturated rings. The number of anilines is 1. The zero-order valence-electron chi connectivity index (χ0n) is 20.2. The number of nitrogen functional groups attached to an aromatic ring is 1. The second-order valence-corrected chi connectivity index (χ2v) is 9.49. The van der Waals surface area contributed by atoms with Crippen molar-refractivity contribution in [2.24, 2.45) is 0 Å². The maximum atomic E-state index is 12.8. The molecule has 1 aliphatic rings. The van der Waals surface area contributed by atoms with Crippen LogP contribution in [0.2, 0.25) is 5.02 Å². The molecule has 3 heterocycles. The second kappa shape index (κ2) is 10.9. The number of fused-ring (bicyclic) bond motifs is 1. The fourth-order valence-electron chi connectivity index (χ4n) is 4.42. The Morgan fingerprint density at radius 3 is 2.54 bits per heavy atom. The van der Waals surface area contributed by atoms with E-state index in [0.29, 0.717) is 27.7 Å². The molecule has 4 aromatic rings. The van der Waals surface area contributed by atoms with Crippen LogP contribution in [0.25, 0.3) is 28.2 Å². The van der Waals surface area contributed by atoms with Gasteiger partial charge in [-0.25, -0.2) is 4.98 Å². The van der Waals surface area contributed by atoms with E-state index in [9.17, 15) is 9.59 Å². The van der Waals surface area contributed by atoms with Crippen LogP contribution in [0.4, 0.5) is 5.82 Å². The number of halogens is 1. The van der Waals surface area contributed by atoms with Crippen LogP contribution in [0.1, 0.15) is 40.9 Å². The van der Waals surface area contributed by atoms with Crippen molar-refractivity contribution in [2.75, 3.05) is 18.8 Å². The molecule has 0 aliphatic carbocycles. The van der Waals surface area contributed by atoms with Gasteiger partial charge in [0, 0.05) is 36.3 Å². The van der Waals surface area contributed by atoms with Crippen molar-refractivity contribution < 1.29 is 14.0 Å². The number of nitrogens with one attached hydrogen (secondary N) is 1. The summed E-state index contributed by atoms with van der Waals surface area (Å²) in [6.07, 6.45) is 8.01. The van der Waals surface area contributed by atoms with Crippen LogP contribution >= 0.6 is 11.6 Å². The summed E-state index contributed by atoms with van der Waals surface area (Å²) in [5.41, 5.74) is 9.49. The average molecular weight is 515 g/mol. The van der Waals surface area contributed by atoms with E-state index in [1.54, 1.807) is 24.4 Å². The van der Waals surface area contributed by atoms with E-state index in [4.69, 9.17) is 21.8 Å². The molecule has 188 valence electrons. The Labute approximate surface area is 219 Å². The van der Waals surface area contributed by atoms with E-state index in [0.717, 1.165) is 48.0 Å². The zero-order chi connectivity index (χ0) is 25.8. The Balaban J connectivity index is 1.26. The number of amides is 2. The topological polar surface area (TPSA) is 101 Å². The lowest BCUT2D eigenvalue weighted by Crippen LogP contribution is -2.35. The van der Waals surface area contributed by atoms with Crippen LogP contribution in [-0.2, 0) is 11.3 Å².